The van der Waals surface area contributed by atoms with Gasteiger partial charge in [0.2, 0.25) is 11.7 Å². The quantitative estimate of drug-likeness (QED) is 0.570. The number of ether oxygens (including phenoxy) is 1. The van der Waals surface area contributed by atoms with Crippen LogP contribution in [-0.2, 0) is 0 Å². The molecule has 1 atom stereocenters. The first-order valence-electron chi connectivity index (χ1n) is 5.12. The maximum absolute atomic E-state index is 10.8. The van der Waals surface area contributed by atoms with E-state index in [1.165, 1.54) is 19.2 Å². The first-order valence-corrected chi connectivity index (χ1v) is 5.12. The van der Waals surface area contributed by atoms with Gasteiger partial charge in [-0.25, -0.2) is 0 Å². The molecule has 0 bridgehead atoms. The number of nitro groups is 1. The molecule has 1 heterocycles. The van der Waals surface area contributed by atoms with Gasteiger partial charge in [0.1, 0.15) is 0 Å². The Bertz CT molecular complexity index is 397. The van der Waals surface area contributed by atoms with Crippen molar-refractivity contribution in [3.63, 3.8) is 0 Å². The van der Waals surface area contributed by atoms with Gasteiger partial charge in [0.05, 0.1) is 12.0 Å². The van der Waals surface area contributed by atoms with Crippen molar-refractivity contribution in [2.24, 2.45) is 5.92 Å². The Kier molecular flexibility index (Phi) is 4.65. The van der Waals surface area contributed by atoms with Crippen LogP contribution in [0.25, 0.3) is 0 Å². The Hall–Kier alpha value is -1.89. The normalized spacial score (nSPS) is 11.9. The molecule has 0 aliphatic carbocycles. The van der Waals surface area contributed by atoms with Crippen LogP contribution < -0.4 is 10.1 Å². The zero-order valence-electron chi connectivity index (χ0n) is 9.71. The lowest BCUT2D eigenvalue weighted by Gasteiger charge is -2.10. The van der Waals surface area contributed by atoms with E-state index in [9.17, 15) is 10.1 Å². The minimum Gasteiger partial charge on any atom is -0.481 e. The van der Waals surface area contributed by atoms with Crippen molar-refractivity contribution in [3.8, 4) is 5.88 Å². The Morgan fingerprint density at radius 2 is 2.35 bits per heavy atom. The number of methoxy groups -OCH3 is 1. The number of aliphatic hydroxyl groups is 1. The standard InChI is InChI=1S/C10H15N3O4/c1-7(6-14)5-11-10-8(13(15)16)3-4-9(12-10)17-2/h3-4,7,14H,5-6H2,1-2H3,(H,11,12). The number of hydrogen-bond acceptors (Lipinski definition) is 6. The van der Waals surface area contributed by atoms with Gasteiger partial charge in [-0.05, 0) is 5.92 Å². The minimum absolute atomic E-state index is 0.00473. The average molecular weight is 241 g/mol. The molecular formula is C10H15N3O4. The van der Waals surface area contributed by atoms with Crippen molar-refractivity contribution < 1.29 is 14.8 Å². The van der Waals surface area contributed by atoms with Crippen LogP contribution in [-0.4, -0.2) is 35.3 Å². The fourth-order valence-corrected chi connectivity index (χ4v) is 1.16. The minimum atomic E-state index is -0.515. The molecule has 0 fully saturated rings. The fourth-order valence-electron chi connectivity index (χ4n) is 1.16. The monoisotopic (exact) mass is 241 g/mol. The van der Waals surface area contributed by atoms with Crippen LogP contribution in [0.15, 0.2) is 12.1 Å². The Balaban J connectivity index is 2.89. The van der Waals surface area contributed by atoms with E-state index in [0.717, 1.165) is 0 Å². The summed E-state index contributed by atoms with van der Waals surface area (Å²) in [6.45, 7) is 2.22. The fraction of sp³-hybridized carbons (Fsp3) is 0.500. The highest BCUT2D eigenvalue weighted by atomic mass is 16.6. The third-order valence-electron chi connectivity index (χ3n) is 2.18. The van der Waals surface area contributed by atoms with E-state index >= 15 is 0 Å². The van der Waals surface area contributed by atoms with E-state index < -0.39 is 4.92 Å². The molecule has 0 radical (unpaired) electrons. The summed E-state index contributed by atoms with van der Waals surface area (Å²) in [6, 6.07) is 2.76. The summed E-state index contributed by atoms with van der Waals surface area (Å²) in [6.07, 6.45) is 0. The highest BCUT2D eigenvalue weighted by molar-refractivity contribution is 5.57. The predicted octanol–water partition coefficient (Wildman–Crippen LogP) is 1.04. The number of aromatic nitrogens is 1. The number of anilines is 1. The number of aliphatic hydroxyl groups excluding tert-OH is 1. The largest absolute Gasteiger partial charge is 0.481 e. The Morgan fingerprint density at radius 1 is 1.65 bits per heavy atom. The van der Waals surface area contributed by atoms with E-state index in [1.54, 1.807) is 0 Å². The van der Waals surface area contributed by atoms with Gasteiger partial charge in [-0.1, -0.05) is 6.92 Å². The first kappa shape index (κ1) is 13.2. The highest BCUT2D eigenvalue weighted by Gasteiger charge is 2.16. The third-order valence-corrected chi connectivity index (χ3v) is 2.18. The van der Waals surface area contributed by atoms with Crippen molar-refractivity contribution in [1.82, 2.24) is 4.98 Å². The summed E-state index contributed by atoms with van der Waals surface area (Å²) in [5.41, 5.74) is -0.115. The van der Waals surface area contributed by atoms with Crippen LogP contribution in [0.2, 0.25) is 0 Å². The molecule has 0 aliphatic rings. The van der Waals surface area contributed by atoms with Crippen molar-refractivity contribution in [2.45, 2.75) is 6.92 Å². The number of nitrogens with zero attached hydrogens (tertiary/aromatic N) is 2. The highest BCUT2D eigenvalue weighted by Crippen LogP contribution is 2.24. The number of nitrogens with one attached hydrogen (secondary N) is 1. The van der Waals surface area contributed by atoms with Crippen LogP contribution in [0.4, 0.5) is 11.5 Å². The summed E-state index contributed by atoms with van der Waals surface area (Å²) in [5.74, 6) is 0.437. The molecule has 7 heteroatoms. The van der Waals surface area contributed by atoms with Crippen LogP contribution in [0.1, 0.15) is 6.92 Å². The molecule has 1 rings (SSSR count). The molecule has 1 unspecified atom stereocenters. The lowest BCUT2D eigenvalue weighted by molar-refractivity contribution is -0.384. The molecular weight excluding hydrogens is 226 g/mol. The molecule has 0 amide bonds. The zero-order valence-corrected chi connectivity index (χ0v) is 9.71. The van der Waals surface area contributed by atoms with E-state index in [4.69, 9.17) is 9.84 Å². The van der Waals surface area contributed by atoms with Crippen LogP contribution >= 0.6 is 0 Å². The summed E-state index contributed by atoms with van der Waals surface area (Å²) in [4.78, 5) is 14.2. The van der Waals surface area contributed by atoms with Gasteiger partial charge in [-0.15, -0.1) is 0 Å². The second kappa shape index (κ2) is 6.00. The van der Waals surface area contributed by atoms with Crippen molar-refractivity contribution >= 4 is 11.5 Å². The average Bonchev–Trinajstić information content (AvgIpc) is 2.35. The molecule has 94 valence electrons. The molecule has 17 heavy (non-hydrogen) atoms. The van der Waals surface area contributed by atoms with E-state index in [0.29, 0.717) is 12.4 Å². The Labute approximate surface area is 98.6 Å². The van der Waals surface area contributed by atoms with Crippen LogP contribution in [0, 0.1) is 16.0 Å². The second-order valence-corrected chi connectivity index (χ2v) is 3.65. The SMILES string of the molecule is COc1ccc([N+](=O)[O-])c(NCC(C)CO)n1. The van der Waals surface area contributed by atoms with Gasteiger partial charge < -0.3 is 15.2 Å². The van der Waals surface area contributed by atoms with E-state index in [1.807, 2.05) is 6.92 Å². The molecule has 1 aromatic rings. The number of hydrogen-bond donors (Lipinski definition) is 2. The van der Waals surface area contributed by atoms with Crippen molar-refractivity contribution in [2.75, 3.05) is 25.6 Å². The van der Waals surface area contributed by atoms with E-state index in [-0.39, 0.29) is 24.0 Å². The molecule has 2 N–H and O–H groups in total. The zero-order chi connectivity index (χ0) is 12.8. The number of pyridine rings is 1. The second-order valence-electron chi connectivity index (χ2n) is 3.65. The van der Waals surface area contributed by atoms with Crippen LogP contribution in [0.3, 0.4) is 0 Å². The molecule has 0 aliphatic heterocycles. The molecule has 1 aromatic heterocycles. The summed E-state index contributed by atoms with van der Waals surface area (Å²) < 4.78 is 4.90. The maximum Gasteiger partial charge on any atom is 0.311 e. The van der Waals surface area contributed by atoms with Gasteiger partial charge in [0, 0.05) is 25.3 Å². The summed E-state index contributed by atoms with van der Waals surface area (Å²) in [5, 5.41) is 22.5. The van der Waals surface area contributed by atoms with Gasteiger partial charge in [-0.2, -0.15) is 4.98 Å². The predicted molar refractivity (Wildman–Crippen MR) is 62.2 cm³/mol. The summed E-state index contributed by atoms with van der Waals surface area (Å²) in [7, 11) is 1.44. The summed E-state index contributed by atoms with van der Waals surface area (Å²) >= 11 is 0. The lowest BCUT2D eigenvalue weighted by atomic mass is 10.2. The van der Waals surface area contributed by atoms with Gasteiger partial charge in [0.25, 0.3) is 0 Å². The van der Waals surface area contributed by atoms with Crippen molar-refractivity contribution in [3.05, 3.63) is 22.2 Å². The lowest BCUT2D eigenvalue weighted by Crippen LogP contribution is -2.16. The molecule has 0 saturated heterocycles. The van der Waals surface area contributed by atoms with Gasteiger partial charge in [0.15, 0.2) is 0 Å². The topological polar surface area (TPSA) is 97.5 Å². The van der Waals surface area contributed by atoms with Crippen LogP contribution in [0.5, 0.6) is 5.88 Å². The molecule has 7 nitrogen and oxygen atoms in total. The number of rotatable bonds is 6. The van der Waals surface area contributed by atoms with Gasteiger partial charge >= 0.3 is 5.69 Å². The molecule has 0 spiro atoms. The Morgan fingerprint density at radius 3 is 2.88 bits per heavy atom. The maximum atomic E-state index is 10.8. The smallest absolute Gasteiger partial charge is 0.311 e. The first-order chi connectivity index (χ1) is 8.08. The van der Waals surface area contributed by atoms with E-state index in [2.05, 4.69) is 10.3 Å². The van der Waals surface area contributed by atoms with Crippen molar-refractivity contribution in [1.29, 1.82) is 0 Å². The molecule has 0 saturated carbocycles. The van der Waals surface area contributed by atoms with Gasteiger partial charge in [-0.3, -0.25) is 10.1 Å². The molecule has 0 aromatic carbocycles. The third kappa shape index (κ3) is 3.56.